The molecule has 1 rings (SSSR count). The van der Waals surface area contributed by atoms with Gasteiger partial charge in [0, 0.05) is 31.7 Å². The van der Waals surface area contributed by atoms with Gasteiger partial charge in [-0.3, -0.25) is 0 Å². The topological polar surface area (TPSA) is 21.3 Å². The Kier molecular flexibility index (Phi) is 3.58. The third-order valence-electron chi connectivity index (χ3n) is 2.42. The highest BCUT2D eigenvalue weighted by Gasteiger charge is 2.25. The number of hydrogen-bond acceptors (Lipinski definition) is 2. The molecule has 68 valence electrons. The summed E-state index contributed by atoms with van der Waals surface area (Å²) in [6.07, 6.45) is 8.18. The second kappa shape index (κ2) is 4.49. The Morgan fingerprint density at radius 2 is 2.17 bits per heavy atom. The monoisotopic (exact) mass is 167 g/mol. The van der Waals surface area contributed by atoms with Crippen LogP contribution in [0, 0.1) is 12.3 Å². The van der Waals surface area contributed by atoms with Gasteiger partial charge in [-0.05, 0) is 19.8 Å². The van der Waals surface area contributed by atoms with Crippen molar-refractivity contribution in [1.29, 1.82) is 0 Å². The van der Waals surface area contributed by atoms with Crippen molar-refractivity contribution in [2.75, 3.05) is 19.8 Å². The molecule has 1 N–H and O–H groups in total. The highest BCUT2D eigenvalue weighted by molar-refractivity contribution is 4.89. The molecule has 2 heteroatoms. The van der Waals surface area contributed by atoms with Crippen molar-refractivity contribution in [2.45, 2.75) is 31.7 Å². The first-order valence-corrected chi connectivity index (χ1v) is 4.53. The first-order chi connectivity index (χ1) is 5.77. The zero-order valence-electron chi connectivity index (χ0n) is 7.73. The maximum Gasteiger partial charge on any atom is 0.0483 e. The van der Waals surface area contributed by atoms with Crippen molar-refractivity contribution in [1.82, 2.24) is 5.32 Å². The van der Waals surface area contributed by atoms with Crippen LogP contribution in [0.15, 0.2) is 0 Å². The first kappa shape index (κ1) is 9.57. The highest BCUT2D eigenvalue weighted by Crippen LogP contribution is 2.19. The fourth-order valence-corrected chi connectivity index (χ4v) is 1.44. The van der Waals surface area contributed by atoms with Gasteiger partial charge in [-0.15, -0.1) is 12.3 Å². The van der Waals surface area contributed by atoms with Crippen molar-refractivity contribution in [3.63, 3.8) is 0 Å². The van der Waals surface area contributed by atoms with E-state index in [0.717, 1.165) is 39.0 Å². The van der Waals surface area contributed by atoms with Crippen LogP contribution in [0.1, 0.15) is 26.2 Å². The third-order valence-corrected chi connectivity index (χ3v) is 2.42. The molecule has 0 saturated carbocycles. The predicted octanol–water partition coefficient (Wildman–Crippen LogP) is 1.17. The molecule has 1 aliphatic heterocycles. The lowest BCUT2D eigenvalue weighted by Crippen LogP contribution is -2.47. The van der Waals surface area contributed by atoms with E-state index in [9.17, 15) is 0 Å². The normalized spacial score (nSPS) is 21.7. The van der Waals surface area contributed by atoms with Gasteiger partial charge >= 0.3 is 0 Å². The van der Waals surface area contributed by atoms with Gasteiger partial charge in [-0.2, -0.15) is 0 Å². The molecule has 0 aromatic heterocycles. The smallest absolute Gasteiger partial charge is 0.0483 e. The van der Waals surface area contributed by atoms with E-state index in [0.29, 0.717) is 0 Å². The standard InChI is InChI=1S/C10H17NO/c1-3-4-7-11-10(2)5-8-12-9-6-10/h1,11H,4-9H2,2H3. The van der Waals surface area contributed by atoms with Crippen LogP contribution in [-0.4, -0.2) is 25.3 Å². The largest absolute Gasteiger partial charge is 0.381 e. The molecule has 0 amide bonds. The van der Waals surface area contributed by atoms with E-state index in [1.165, 1.54) is 0 Å². The van der Waals surface area contributed by atoms with E-state index >= 15 is 0 Å². The molecule has 0 aliphatic carbocycles. The van der Waals surface area contributed by atoms with Gasteiger partial charge in [0.1, 0.15) is 0 Å². The second-order valence-corrected chi connectivity index (χ2v) is 3.55. The number of hydrogen-bond donors (Lipinski definition) is 1. The highest BCUT2D eigenvalue weighted by atomic mass is 16.5. The minimum Gasteiger partial charge on any atom is -0.381 e. The molecule has 0 aromatic rings. The molecule has 0 bridgehead atoms. The molecule has 1 saturated heterocycles. The molecular formula is C10H17NO. The lowest BCUT2D eigenvalue weighted by Gasteiger charge is -2.34. The van der Waals surface area contributed by atoms with Crippen LogP contribution in [0.25, 0.3) is 0 Å². The molecule has 0 radical (unpaired) electrons. The summed E-state index contributed by atoms with van der Waals surface area (Å²) in [7, 11) is 0. The summed E-state index contributed by atoms with van der Waals surface area (Å²) in [5.41, 5.74) is 0.259. The van der Waals surface area contributed by atoms with Crippen molar-refractivity contribution < 1.29 is 4.74 Å². The molecule has 2 nitrogen and oxygen atoms in total. The molecule has 12 heavy (non-hydrogen) atoms. The maximum atomic E-state index is 5.29. The van der Waals surface area contributed by atoms with Crippen LogP contribution in [0.2, 0.25) is 0 Å². The van der Waals surface area contributed by atoms with Crippen LogP contribution in [0.3, 0.4) is 0 Å². The lowest BCUT2D eigenvalue weighted by molar-refractivity contribution is 0.0457. The van der Waals surface area contributed by atoms with E-state index in [2.05, 4.69) is 18.2 Å². The zero-order valence-corrected chi connectivity index (χ0v) is 7.73. The fourth-order valence-electron chi connectivity index (χ4n) is 1.44. The van der Waals surface area contributed by atoms with Crippen LogP contribution >= 0.6 is 0 Å². The van der Waals surface area contributed by atoms with Crippen molar-refractivity contribution >= 4 is 0 Å². The fraction of sp³-hybridized carbons (Fsp3) is 0.800. The summed E-state index contributed by atoms with van der Waals surface area (Å²) in [6.45, 7) is 4.91. The van der Waals surface area contributed by atoms with E-state index in [4.69, 9.17) is 11.2 Å². The Hall–Kier alpha value is -0.520. The lowest BCUT2D eigenvalue weighted by atomic mass is 9.92. The van der Waals surface area contributed by atoms with E-state index in [-0.39, 0.29) is 5.54 Å². The summed E-state index contributed by atoms with van der Waals surface area (Å²) in [6, 6.07) is 0. The van der Waals surface area contributed by atoms with E-state index in [1.54, 1.807) is 0 Å². The Morgan fingerprint density at radius 1 is 1.50 bits per heavy atom. The number of ether oxygens (including phenoxy) is 1. The number of rotatable bonds is 3. The molecule has 1 heterocycles. The first-order valence-electron chi connectivity index (χ1n) is 4.53. The maximum absolute atomic E-state index is 5.29. The van der Waals surface area contributed by atoms with Gasteiger partial charge in [0.05, 0.1) is 0 Å². The molecule has 0 unspecified atom stereocenters. The summed E-state index contributed by atoms with van der Waals surface area (Å²) >= 11 is 0. The van der Waals surface area contributed by atoms with Crippen LogP contribution in [-0.2, 0) is 4.74 Å². The Labute approximate surface area is 74.7 Å². The minimum atomic E-state index is 0.259. The van der Waals surface area contributed by atoms with Gasteiger partial charge in [0.15, 0.2) is 0 Å². The predicted molar refractivity (Wildman–Crippen MR) is 49.9 cm³/mol. The summed E-state index contributed by atoms with van der Waals surface area (Å²) in [4.78, 5) is 0. The average Bonchev–Trinajstić information content (AvgIpc) is 2.06. The van der Waals surface area contributed by atoms with Crippen LogP contribution < -0.4 is 5.32 Å². The second-order valence-electron chi connectivity index (χ2n) is 3.55. The van der Waals surface area contributed by atoms with Crippen LogP contribution in [0.4, 0.5) is 0 Å². The van der Waals surface area contributed by atoms with Crippen molar-refractivity contribution in [3.8, 4) is 12.3 Å². The molecule has 0 atom stereocenters. The quantitative estimate of drug-likeness (QED) is 0.503. The van der Waals surface area contributed by atoms with Crippen LogP contribution in [0.5, 0.6) is 0 Å². The number of terminal acetylenes is 1. The van der Waals surface area contributed by atoms with E-state index < -0.39 is 0 Å². The van der Waals surface area contributed by atoms with Gasteiger partial charge < -0.3 is 10.1 Å². The van der Waals surface area contributed by atoms with Gasteiger partial charge in [-0.25, -0.2) is 0 Å². The number of nitrogens with one attached hydrogen (secondary N) is 1. The Morgan fingerprint density at radius 3 is 2.75 bits per heavy atom. The third kappa shape index (κ3) is 2.84. The summed E-state index contributed by atoms with van der Waals surface area (Å²) in [5, 5.41) is 3.48. The molecule has 0 spiro atoms. The van der Waals surface area contributed by atoms with E-state index in [1.807, 2.05) is 0 Å². The molecular weight excluding hydrogens is 150 g/mol. The van der Waals surface area contributed by atoms with Gasteiger partial charge in [0.2, 0.25) is 0 Å². The average molecular weight is 167 g/mol. The zero-order chi connectivity index (χ0) is 8.86. The molecule has 1 aliphatic rings. The van der Waals surface area contributed by atoms with Crippen molar-refractivity contribution in [3.05, 3.63) is 0 Å². The summed E-state index contributed by atoms with van der Waals surface area (Å²) in [5.74, 6) is 2.63. The van der Waals surface area contributed by atoms with Gasteiger partial charge in [0.25, 0.3) is 0 Å². The van der Waals surface area contributed by atoms with Gasteiger partial charge in [-0.1, -0.05) is 0 Å². The molecule has 0 aromatic carbocycles. The molecule has 1 fully saturated rings. The van der Waals surface area contributed by atoms with Crippen molar-refractivity contribution in [2.24, 2.45) is 0 Å². The Bertz CT molecular complexity index is 165. The summed E-state index contributed by atoms with van der Waals surface area (Å²) < 4.78 is 5.29. The minimum absolute atomic E-state index is 0.259. The Balaban J connectivity index is 2.23. The SMILES string of the molecule is C#CCCNC1(C)CCOCC1.